The number of rotatable bonds is 6. The molecule has 4 rings (SSSR count). The highest BCUT2D eigenvalue weighted by Crippen LogP contribution is 2.30. The van der Waals surface area contributed by atoms with Crippen LogP contribution in [0.25, 0.3) is 11.3 Å². The van der Waals surface area contributed by atoms with Gasteiger partial charge in [-0.25, -0.2) is 23.2 Å². The minimum Gasteiger partial charge on any atom is -0.444 e. The number of nitrogens with one attached hydrogen (secondary N) is 2. The Kier molecular flexibility index (Phi) is 9.00. The summed E-state index contributed by atoms with van der Waals surface area (Å²) in [7, 11) is -2.90. The van der Waals surface area contributed by atoms with E-state index in [2.05, 4.69) is 20.6 Å². The van der Waals surface area contributed by atoms with E-state index in [4.69, 9.17) is 16.3 Å². The lowest BCUT2D eigenvalue weighted by Gasteiger charge is -2.33. The molecule has 2 aromatic rings. The minimum absolute atomic E-state index is 0.220. The van der Waals surface area contributed by atoms with Gasteiger partial charge in [0.1, 0.15) is 27.1 Å². The summed E-state index contributed by atoms with van der Waals surface area (Å²) < 4.78 is 28.8. The molecule has 0 saturated carbocycles. The molecule has 0 spiro atoms. The Balaban J connectivity index is 1.39. The smallest absolute Gasteiger partial charge is 0.410 e. The predicted molar refractivity (Wildman–Crippen MR) is 152 cm³/mol. The van der Waals surface area contributed by atoms with Crippen LogP contribution in [0.2, 0.25) is 5.02 Å². The molecule has 0 aromatic carbocycles. The van der Waals surface area contributed by atoms with Crippen molar-refractivity contribution in [1.82, 2.24) is 14.9 Å². The molecular weight excluding hydrogens is 542 g/mol. The lowest BCUT2D eigenvalue weighted by atomic mass is 9.97. The number of ether oxygens (including phenoxy) is 1. The van der Waals surface area contributed by atoms with E-state index in [1.165, 1.54) is 6.20 Å². The molecule has 10 nitrogen and oxygen atoms in total. The molecular formula is C27H36ClN5O5S. The zero-order valence-corrected chi connectivity index (χ0v) is 24.1. The molecule has 0 bridgehead atoms. The second-order valence-corrected chi connectivity index (χ2v) is 13.9. The summed E-state index contributed by atoms with van der Waals surface area (Å²) >= 11 is 6.45. The molecule has 0 aliphatic carbocycles. The van der Waals surface area contributed by atoms with Crippen LogP contribution in [0, 0.1) is 11.8 Å². The van der Waals surface area contributed by atoms with Gasteiger partial charge in [0.15, 0.2) is 0 Å². The Labute approximate surface area is 234 Å². The van der Waals surface area contributed by atoms with Crippen molar-refractivity contribution in [3.8, 4) is 11.3 Å². The molecule has 2 amide bonds. The second kappa shape index (κ2) is 12.1. The fourth-order valence-electron chi connectivity index (χ4n) is 4.69. The van der Waals surface area contributed by atoms with E-state index in [-0.39, 0.29) is 35.8 Å². The first-order chi connectivity index (χ1) is 18.4. The van der Waals surface area contributed by atoms with Crippen molar-refractivity contribution < 1.29 is 22.7 Å². The number of sulfone groups is 1. The van der Waals surface area contributed by atoms with Crippen LogP contribution in [0.4, 0.5) is 16.4 Å². The average Bonchev–Trinajstić information content (AvgIpc) is 2.88. The van der Waals surface area contributed by atoms with Crippen LogP contribution >= 0.6 is 11.6 Å². The molecule has 2 aromatic heterocycles. The topological polar surface area (TPSA) is 131 Å². The van der Waals surface area contributed by atoms with Gasteiger partial charge in [-0.1, -0.05) is 17.7 Å². The largest absolute Gasteiger partial charge is 0.444 e. The zero-order valence-electron chi connectivity index (χ0n) is 22.6. The van der Waals surface area contributed by atoms with Crippen LogP contribution < -0.4 is 10.6 Å². The van der Waals surface area contributed by atoms with Crippen molar-refractivity contribution in [1.29, 1.82) is 0 Å². The average molecular weight is 578 g/mol. The van der Waals surface area contributed by atoms with Crippen molar-refractivity contribution in [2.45, 2.75) is 52.1 Å². The summed E-state index contributed by atoms with van der Waals surface area (Å²) in [4.78, 5) is 36.1. The molecule has 1 atom stereocenters. The third-order valence-corrected chi connectivity index (χ3v) is 8.84. The quantitative estimate of drug-likeness (QED) is 0.508. The molecule has 212 valence electrons. The number of halogens is 1. The van der Waals surface area contributed by atoms with E-state index in [0.717, 1.165) is 0 Å². The first-order valence-corrected chi connectivity index (χ1v) is 15.4. The molecule has 2 aliphatic heterocycles. The third kappa shape index (κ3) is 8.28. The van der Waals surface area contributed by atoms with E-state index in [9.17, 15) is 18.0 Å². The molecule has 2 aliphatic rings. The Hall–Kier alpha value is -2.92. The maximum absolute atomic E-state index is 13.1. The summed E-state index contributed by atoms with van der Waals surface area (Å²) in [6.07, 6.45) is 3.71. The van der Waals surface area contributed by atoms with Crippen LogP contribution in [0.3, 0.4) is 0 Å². The number of hydrogen-bond donors (Lipinski definition) is 2. The SMILES string of the molecule is CC(C)(C)OC(=O)N1CCC[C@@H](C(=O)Nc2cc(-c3cccc(NCC4CCS(=O)(=O)CC4)n3)c(Cl)cn2)C1. The molecule has 0 radical (unpaired) electrons. The first-order valence-electron chi connectivity index (χ1n) is 13.2. The van der Waals surface area contributed by atoms with Gasteiger partial charge in [-0.2, -0.15) is 0 Å². The Morgan fingerprint density at radius 3 is 2.62 bits per heavy atom. The van der Waals surface area contributed by atoms with E-state index in [1.54, 1.807) is 11.0 Å². The van der Waals surface area contributed by atoms with Gasteiger partial charge in [0.25, 0.3) is 0 Å². The standard InChI is InChI=1S/C27H36ClN5O5S/c1-27(2,3)38-26(35)33-11-5-6-19(17-33)25(34)32-24-14-20(21(28)16-30-24)22-7-4-8-23(31-22)29-15-18-9-12-39(36,37)13-10-18/h4,7-8,14,16,18-19H,5-6,9-13,15,17H2,1-3H3,(H,29,31)(H,30,32,34)/t19-/m1/s1. The van der Waals surface area contributed by atoms with Crippen LogP contribution in [0.5, 0.6) is 0 Å². The number of carbonyl (C=O) groups is 2. The van der Waals surface area contributed by atoms with Gasteiger partial charge in [0, 0.05) is 31.4 Å². The van der Waals surface area contributed by atoms with Gasteiger partial charge < -0.3 is 20.3 Å². The fraction of sp³-hybridized carbons (Fsp3) is 0.556. The monoisotopic (exact) mass is 577 g/mol. The predicted octanol–water partition coefficient (Wildman–Crippen LogP) is 4.62. The van der Waals surface area contributed by atoms with Crippen molar-refractivity contribution in [2.24, 2.45) is 11.8 Å². The number of carbonyl (C=O) groups excluding carboxylic acids is 2. The number of pyridine rings is 2. The molecule has 4 heterocycles. The lowest BCUT2D eigenvalue weighted by Crippen LogP contribution is -2.45. The van der Waals surface area contributed by atoms with E-state index < -0.39 is 21.5 Å². The maximum atomic E-state index is 13.1. The molecule has 2 saturated heterocycles. The van der Waals surface area contributed by atoms with Gasteiger partial charge in [-0.15, -0.1) is 0 Å². The Morgan fingerprint density at radius 2 is 1.90 bits per heavy atom. The summed E-state index contributed by atoms with van der Waals surface area (Å²) in [5, 5.41) is 6.57. The molecule has 39 heavy (non-hydrogen) atoms. The van der Waals surface area contributed by atoms with Crippen LogP contribution in [-0.2, 0) is 19.4 Å². The van der Waals surface area contributed by atoms with Crippen molar-refractivity contribution in [3.63, 3.8) is 0 Å². The Bertz CT molecular complexity index is 1300. The number of aromatic nitrogens is 2. The summed E-state index contributed by atoms with van der Waals surface area (Å²) in [5.74, 6) is 1.13. The first kappa shape index (κ1) is 29.1. The fourth-order valence-corrected chi connectivity index (χ4v) is 6.48. The van der Waals surface area contributed by atoms with E-state index >= 15 is 0 Å². The van der Waals surface area contributed by atoms with E-state index in [1.807, 2.05) is 39.0 Å². The maximum Gasteiger partial charge on any atom is 0.410 e. The minimum atomic E-state index is -2.90. The second-order valence-electron chi connectivity index (χ2n) is 11.2. The summed E-state index contributed by atoms with van der Waals surface area (Å²) in [5.41, 5.74) is 0.631. The number of hydrogen-bond acceptors (Lipinski definition) is 8. The van der Waals surface area contributed by atoms with Crippen molar-refractivity contribution in [3.05, 3.63) is 35.5 Å². The molecule has 2 fully saturated rings. The Morgan fingerprint density at radius 1 is 1.15 bits per heavy atom. The summed E-state index contributed by atoms with van der Waals surface area (Å²) in [6, 6.07) is 7.22. The van der Waals surface area contributed by atoms with E-state index in [0.29, 0.717) is 66.7 Å². The summed E-state index contributed by atoms with van der Waals surface area (Å²) in [6.45, 7) is 6.92. The molecule has 0 unspecified atom stereocenters. The van der Waals surface area contributed by atoms with Crippen LogP contribution in [-0.4, -0.2) is 72.0 Å². The third-order valence-electron chi connectivity index (χ3n) is 6.82. The number of anilines is 2. The highest BCUT2D eigenvalue weighted by molar-refractivity contribution is 7.91. The van der Waals surface area contributed by atoms with Crippen LogP contribution in [0.1, 0.15) is 46.5 Å². The van der Waals surface area contributed by atoms with Crippen molar-refractivity contribution >= 4 is 45.1 Å². The van der Waals surface area contributed by atoms with Crippen LogP contribution in [0.15, 0.2) is 30.5 Å². The highest BCUT2D eigenvalue weighted by atomic mass is 35.5. The van der Waals surface area contributed by atoms with Gasteiger partial charge in [0.05, 0.1) is 28.1 Å². The normalized spacial score (nSPS) is 19.8. The zero-order chi connectivity index (χ0) is 28.2. The van der Waals surface area contributed by atoms with Gasteiger partial charge in [0.2, 0.25) is 5.91 Å². The lowest BCUT2D eigenvalue weighted by molar-refractivity contribution is -0.121. The number of likely N-dealkylation sites (tertiary alicyclic amines) is 1. The number of piperidine rings is 1. The molecule has 12 heteroatoms. The van der Waals surface area contributed by atoms with Gasteiger partial charge >= 0.3 is 6.09 Å². The molecule has 2 N–H and O–H groups in total. The number of amides is 2. The van der Waals surface area contributed by atoms with Crippen molar-refractivity contribution in [2.75, 3.05) is 41.8 Å². The van der Waals surface area contributed by atoms with Gasteiger partial charge in [-0.3, -0.25) is 4.79 Å². The number of nitrogens with zero attached hydrogens (tertiary/aromatic N) is 3. The van der Waals surface area contributed by atoms with Gasteiger partial charge in [-0.05, 0) is 70.6 Å². The highest BCUT2D eigenvalue weighted by Gasteiger charge is 2.31.